The number of pyridine rings is 1. The minimum Gasteiger partial charge on any atom is -0.281 e. The molecule has 0 amide bonds. The SMILES string of the molecule is N#Cc1ccc2nnc(-c3ccc(C(F)(F)F)cc3)n2c1. The van der Waals surface area contributed by atoms with Crippen LogP contribution in [0.1, 0.15) is 11.1 Å². The number of hydrogen-bond acceptors (Lipinski definition) is 3. The molecule has 1 aromatic carbocycles. The van der Waals surface area contributed by atoms with Crippen molar-refractivity contribution in [1.29, 1.82) is 5.26 Å². The molecule has 0 aliphatic rings. The fourth-order valence-corrected chi connectivity index (χ4v) is 1.96. The smallest absolute Gasteiger partial charge is 0.281 e. The van der Waals surface area contributed by atoms with E-state index in [0.717, 1.165) is 12.1 Å². The Morgan fingerprint density at radius 1 is 1.00 bits per heavy atom. The van der Waals surface area contributed by atoms with E-state index >= 15 is 0 Å². The molecule has 0 aliphatic carbocycles. The van der Waals surface area contributed by atoms with Crippen LogP contribution < -0.4 is 0 Å². The van der Waals surface area contributed by atoms with Crippen LogP contribution in [0.15, 0.2) is 42.6 Å². The molecule has 0 radical (unpaired) electrons. The molecule has 0 atom stereocenters. The predicted octanol–water partition coefficient (Wildman–Crippen LogP) is 3.29. The monoisotopic (exact) mass is 288 g/mol. The van der Waals surface area contributed by atoms with Crippen LogP contribution in [0.2, 0.25) is 0 Å². The quantitative estimate of drug-likeness (QED) is 0.690. The molecule has 21 heavy (non-hydrogen) atoms. The van der Waals surface area contributed by atoms with Gasteiger partial charge >= 0.3 is 6.18 Å². The van der Waals surface area contributed by atoms with Crippen molar-refractivity contribution < 1.29 is 13.2 Å². The van der Waals surface area contributed by atoms with E-state index in [1.807, 2.05) is 6.07 Å². The maximum atomic E-state index is 12.5. The average molecular weight is 288 g/mol. The van der Waals surface area contributed by atoms with Crippen LogP contribution in [0.5, 0.6) is 0 Å². The summed E-state index contributed by atoms with van der Waals surface area (Å²) in [5.41, 5.74) is 0.697. The lowest BCUT2D eigenvalue weighted by atomic mass is 10.1. The van der Waals surface area contributed by atoms with Crippen molar-refractivity contribution >= 4 is 5.65 Å². The summed E-state index contributed by atoms with van der Waals surface area (Å²) in [6, 6.07) is 9.86. The molecule has 7 heteroatoms. The van der Waals surface area contributed by atoms with Crippen LogP contribution in [0.3, 0.4) is 0 Å². The summed E-state index contributed by atoms with van der Waals surface area (Å²) in [5, 5.41) is 16.8. The number of fused-ring (bicyclic) bond motifs is 1. The van der Waals surface area contributed by atoms with Crippen LogP contribution in [-0.2, 0) is 6.18 Å². The van der Waals surface area contributed by atoms with E-state index in [1.165, 1.54) is 12.1 Å². The van der Waals surface area contributed by atoms with Crippen molar-refractivity contribution in [2.24, 2.45) is 0 Å². The third-order valence-electron chi connectivity index (χ3n) is 3.00. The third kappa shape index (κ3) is 2.31. The molecule has 3 aromatic rings. The molecule has 0 saturated heterocycles. The second-order valence-electron chi connectivity index (χ2n) is 4.36. The van der Waals surface area contributed by atoms with Gasteiger partial charge in [0.2, 0.25) is 0 Å². The van der Waals surface area contributed by atoms with E-state index < -0.39 is 11.7 Å². The zero-order chi connectivity index (χ0) is 15.0. The number of hydrogen-bond donors (Lipinski definition) is 0. The Balaban J connectivity index is 2.10. The molecule has 2 heterocycles. The van der Waals surface area contributed by atoms with Gasteiger partial charge in [0.05, 0.1) is 11.1 Å². The van der Waals surface area contributed by atoms with Gasteiger partial charge in [-0.25, -0.2) is 0 Å². The van der Waals surface area contributed by atoms with Gasteiger partial charge in [0.25, 0.3) is 0 Å². The van der Waals surface area contributed by atoms with Crippen molar-refractivity contribution in [3.8, 4) is 17.5 Å². The minimum absolute atomic E-state index is 0.385. The molecule has 104 valence electrons. The first-order valence-electron chi connectivity index (χ1n) is 5.91. The maximum absolute atomic E-state index is 12.5. The number of nitrogens with zero attached hydrogens (tertiary/aromatic N) is 4. The topological polar surface area (TPSA) is 54.0 Å². The lowest BCUT2D eigenvalue weighted by Crippen LogP contribution is -2.04. The molecular formula is C14H7F3N4. The molecule has 4 nitrogen and oxygen atoms in total. The van der Waals surface area contributed by atoms with Gasteiger partial charge in [0.1, 0.15) is 6.07 Å². The number of rotatable bonds is 1. The largest absolute Gasteiger partial charge is 0.416 e. The Hall–Kier alpha value is -2.88. The maximum Gasteiger partial charge on any atom is 0.416 e. The highest BCUT2D eigenvalue weighted by Crippen LogP contribution is 2.30. The molecule has 0 spiro atoms. The fourth-order valence-electron chi connectivity index (χ4n) is 1.96. The van der Waals surface area contributed by atoms with Crippen LogP contribution >= 0.6 is 0 Å². The molecule has 0 aliphatic heterocycles. The van der Waals surface area contributed by atoms with Crippen molar-refractivity contribution in [3.05, 3.63) is 53.7 Å². The van der Waals surface area contributed by atoms with E-state index in [1.54, 1.807) is 22.7 Å². The number of aromatic nitrogens is 3. The molecule has 0 saturated carbocycles. The van der Waals surface area contributed by atoms with E-state index in [0.29, 0.717) is 22.6 Å². The Morgan fingerprint density at radius 3 is 2.33 bits per heavy atom. The first-order valence-corrected chi connectivity index (χ1v) is 5.91. The second kappa shape index (κ2) is 4.59. The van der Waals surface area contributed by atoms with Gasteiger partial charge in [-0.15, -0.1) is 10.2 Å². The molecule has 3 rings (SSSR count). The van der Waals surface area contributed by atoms with Crippen LogP contribution in [-0.4, -0.2) is 14.6 Å². The Labute approximate surface area is 117 Å². The zero-order valence-electron chi connectivity index (χ0n) is 10.5. The van der Waals surface area contributed by atoms with Gasteiger partial charge in [-0.3, -0.25) is 4.40 Å². The Bertz CT molecular complexity index is 841. The Morgan fingerprint density at radius 2 is 1.71 bits per heavy atom. The van der Waals surface area contributed by atoms with Gasteiger partial charge in [-0.2, -0.15) is 18.4 Å². The summed E-state index contributed by atoms with van der Waals surface area (Å²) in [6.45, 7) is 0. The fraction of sp³-hybridized carbons (Fsp3) is 0.0714. The van der Waals surface area contributed by atoms with Crippen molar-refractivity contribution in [2.45, 2.75) is 6.18 Å². The van der Waals surface area contributed by atoms with Crippen LogP contribution in [0.4, 0.5) is 13.2 Å². The van der Waals surface area contributed by atoms with E-state index in [9.17, 15) is 13.2 Å². The first-order chi connectivity index (χ1) is 9.99. The minimum atomic E-state index is -4.38. The van der Waals surface area contributed by atoms with Crippen molar-refractivity contribution in [2.75, 3.05) is 0 Å². The summed E-state index contributed by atoms with van der Waals surface area (Å²) >= 11 is 0. The van der Waals surface area contributed by atoms with E-state index in [4.69, 9.17) is 5.26 Å². The Kier molecular flexibility index (Phi) is 2.87. The standard InChI is InChI=1S/C14H7F3N4/c15-14(16,17)11-4-2-10(3-5-11)13-20-19-12-6-1-9(7-18)8-21(12)13/h1-6,8H. The van der Waals surface area contributed by atoms with Gasteiger partial charge in [-0.1, -0.05) is 12.1 Å². The number of halogens is 3. The van der Waals surface area contributed by atoms with Crippen molar-refractivity contribution in [1.82, 2.24) is 14.6 Å². The summed E-state index contributed by atoms with van der Waals surface area (Å²) in [4.78, 5) is 0. The highest BCUT2D eigenvalue weighted by atomic mass is 19.4. The van der Waals surface area contributed by atoms with Crippen molar-refractivity contribution in [3.63, 3.8) is 0 Å². The molecule has 0 bridgehead atoms. The molecule has 0 N–H and O–H groups in total. The molecule has 2 aromatic heterocycles. The summed E-state index contributed by atoms with van der Waals surface area (Å²) in [7, 11) is 0. The summed E-state index contributed by atoms with van der Waals surface area (Å²) in [5.74, 6) is 0.385. The predicted molar refractivity (Wildman–Crippen MR) is 68.1 cm³/mol. The number of alkyl halides is 3. The normalized spacial score (nSPS) is 11.5. The third-order valence-corrected chi connectivity index (χ3v) is 3.00. The second-order valence-corrected chi connectivity index (χ2v) is 4.36. The van der Waals surface area contributed by atoms with Gasteiger partial charge in [0.15, 0.2) is 11.5 Å². The lowest BCUT2D eigenvalue weighted by Gasteiger charge is -2.07. The molecule has 0 unspecified atom stereocenters. The summed E-state index contributed by atoms with van der Waals surface area (Å²) < 4.78 is 39.2. The van der Waals surface area contributed by atoms with Gasteiger partial charge in [-0.05, 0) is 24.3 Å². The number of nitriles is 1. The number of benzene rings is 1. The highest BCUT2D eigenvalue weighted by Gasteiger charge is 2.30. The summed E-state index contributed by atoms with van der Waals surface area (Å²) in [6.07, 6.45) is -2.83. The molecular weight excluding hydrogens is 281 g/mol. The average Bonchev–Trinajstić information content (AvgIpc) is 2.89. The van der Waals surface area contributed by atoms with Gasteiger partial charge < -0.3 is 0 Å². The molecule has 0 fully saturated rings. The zero-order valence-corrected chi connectivity index (χ0v) is 10.5. The van der Waals surface area contributed by atoms with E-state index in [-0.39, 0.29) is 0 Å². The van der Waals surface area contributed by atoms with Crippen LogP contribution in [0, 0.1) is 11.3 Å². The lowest BCUT2D eigenvalue weighted by molar-refractivity contribution is -0.137. The van der Waals surface area contributed by atoms with E-state index in [2.05, 4.69) is 10.2 Å². The van der Waals surface area contributed by atoms with Gasteiger partial charge in [0, 0.05) is 11.8 Å². The highest BCUT2D eigenvalue weighted by molar-refractivity contribution is 5.60. The first kappa shape index (κ1) is 13.1. The van der Waals surface area contributed by atoms with Crippen LogP contribution in [0.25, 0.3) is 17.0 Å².